The minimum absolute atomic E-state index is 0.0767. The van der Waals surface area contributed by atoms with Gasteiger partial charge in [0.15, 0.2) is 29.4 Å². The Kier molecular flexibility index (Phi) is 7.96. The van der Waals surface area contributed by atoms with E-state index in [2.05, 4.69) is 37.9 Å². The molecular formula is C32H31FIN5O4. The van der Waals surface area contributed by atoms with Crippen molar-refractivity contribution in [3.8, 4) is 5.75 Å². The van der Waals surface area contributed by atoms with Crippen LogP contribution in [0.5, 0.6) is 5.75 Å². The maximum atomic E-state index is 15.7. The molecule has 0 aliphatic carbocycles. The van der Waals surface area contributed by atoms with Gasteiger partial charge in [-0.3, -0.25) is 14.3 Å². The summed E-state index contributed by atoms with van der Waals surface area (Å²) in [6, 6.07) is 27.5. The minimum Gasteiger partial charge on any atom is -0.497 e. The lowest BCUT2D eigenvalue weighted by atomic mass is 9.77. The van der Waals surface area contributed by atoms with E-state index in [0.717, 1.165) is 16.7 Å². The van der Waals surface area contributed by atoms with E-state index in [-0.39, 0.29) is 17.1 Å². The highest BCUT2D eigenvalue weighted by atomic mass is 127. The number of halogens is 2. The fourth-order valence-electron chi connectivity index (χ4n) is 5.80. The molecule has 11 heteroatoms. The summed E-state index contributed by atoms with van der Waals surface area (Å²) < 4.78 is 34.9. The highest BCUT2D eigenvalue weighted by molar-refractivity contribution is 14.1. The summed E-state index contributed by atoms with van der Waals surface area (Å²) in [7, 11) is 3.13. The van der Waals surface area contributed by atoms with Crippen molar-refractivity contribution in [3.63, 3.8) is 0 Å². The zero-order valence-electron chi connectivity index (χ0n) is 23.8. The first-order valence-electron chi connectivity index (χ1n) is 13.8. The van der Waals surface area contributed by atoms with Crippen molar-refractivity contribution in [2.75, 3.05) is 24.0 Å². The molecule has 2 aromatic heterocycles. The molecule has 0 unspecified atom stereocenters. The van der Waals surface area contributed by atoms with Crippen LogP contribution in [0.2, 0.25) is 0 Å². The molecule has 1 aliphatic heterocycles. The fourth-order valence-corrected chi connectivity index (χ4v) is 6.99. The number of benzene rings is 3. The van der Waals surface area contributed by atoms with Gasteiger partial charge in [0.05, 0.1) is 17.9 Å². The predicted molar refractivity (Wildman–Crippen MR) is 170 cm³/mol. The van der Waals surface area contributed by atoms with E-state index >= 15 is 4.39 Å². The number of aromatic amines is 1. The first kappa shape index (κ1) is 29.3. The summed E-state index contributed by atoms with van der Waals surface area (Å²) in [5.74, 6) is -0.791. The first-order valence-corrected chi connectivity index (χ1v) is 15.3. The maximum absolute atomic E-state index is 15.7. The molecule has 1 aliphatic rings. The summed E-state index contributed by atoms with van der Waals surface area (Å²) in [6.07, 6.45) is -1.10. The van der Waals surface area contributed by atoms with Gasteiger partial charge in [-0.05, 0) is 28.8 Å². The second-order valence-electron chi connectivity index (χ2n) is 10.5. The van der Waals surface area contributed by atoms with Gasteiger partial charge in [0.1, 0.15) is 11.3 Å². The number of nitrogens with zero attached hydrogens (tertiary/aromatic N) is 3. The molecule has 43 heavy (non-hydrogen) atoms. The summed E-state index contributed by atoms with van der Waals surface area (Å²) >= 11 is 2.13. The van der Waals surface area contributed by atoms with Crippen LogP contribution in [0.4, 0.5) is 10.3 Å². The van der Waals surface area contributed by atoms with Gasteiger partial charge in [-0.25, -0.2) is 9.37 Å². The van der Waals surface area contributed by atoms with Crippen molar-refractivity contribution in [1.82, 2.24) is 19.5 Å². The summed E-state index contributed by atoms with van der Waals surface area (Å²) in [6.45, 7) is 1.75. The van der Waals surface area contributed by atoms with Crippen LogP contribution in [-0.2, 0) is 15.0 Å². The lowest BCUT2D eigenvalue weighted by Gasteiger charge is -2.37. The molecule has 0 amide bonds. The largest absolute Gasteiger partial charge is 0.497 e. The highest BCUT2D eigenvalue weighted by Crippen LogP contribution is 2.45. The molecule has 0 saturated carbocycles. The third-order valence-corrected chi connectivity index (χ3v) is 9.31. The number of rotatable bonds is 9. The van der Waals surface area contributed by atoms with E-state index < -0.39 is 35.2 Å². The SMILES string of the molecule is COc1ccc(C(Nc2nc3c(ncn3[C@@H]3O[C@@](CI)(OC)[C@@H](C)[C@H]3F)c(=O)[nH]2)(c2ccccc2)c2ccccc2)cc1. The van der Waals surface area contributed by atoms with E-state index in [4.69, 9.17) is 19.2 Å². The molecule has 6 rings (SSSR count). The smallest absolute Gasteiger partial charge is 0.280 e. The van der Waals surface area contributed by atoms with Crippen molar-refractivity contribution in [3.05, 3.63) is 118 Å². The Morgan fingerprint density at radius 1 is 1.02 bits per heavy atom. The Hall–Kier alpha value is -3.81. The van der Waals surface area contributed by atoms with Gasteiger partial charge in [0, 0.05) is 13.0 Å². The average Bonchev–Trinajstić information content (AvgIpc) is 3.59. The molecule has 9 nitrogen and oxygen atoms in total. The Balaban J connectivity index is 1.53. The molecule has 3 aromatic carbocycles. The molecule has 5 aromatic rings. The van der Waals surface area contributed by atoms with Gasteiger partial charge in [0.25, 0.3) is 5.56 Å². The van der Waals surface area contributed by atoms with E-state index in [1.54, 1.807) is 14.0 Å². The number of hydrogen-bond acceptors (Lipinski definition) is 7. The van der Waals surface area contributed by atoms with E-state index in [1.807, 2.05) is 84.9 Å². The second-order valence-corrected chi connectivity index (χ2v) is 11.2. The van der Waals surface area contributed by atoms with Crippen LogP contribution >= 0.6 is 22.6 Å². The van der Waals surface area contributed by atoms with Crippen LogP contribution in [0.3, 0.4) is 0 Å². The number of methoxy groups -OCH3 is 2. The summed E-state index contributed by atoms with van der Waals surface area (Å²) in [4.78, 5) is 25.4. The van der Waals surface area contributed by atoms with Crippen molar-refractivity contribution in [1.29, 1.82) is 0 Å². The van der Waals surface area contributed by atoms with Gasteiger partial charge in [0.2, 0.25) is 5.95 Å². The second kappa shape index (κ2) is 11.7. The molecular weight excluding hydrogens is 664 g/mol. The van der Waals surface area contributed by atoms with Crippen LogP contribution < -0.4 is 15.6 Å². The lowest BCUT2D eigenvalue weighted by molar-refractivity contribution is -0.221. The third kappa shape index (κ3) is 4.88. The Morgan fingerprint density at radius 2 is 1.63 bits per heavy atom. The van der Waals surface area contributed by atoms with E-state index in [9.17, 15) is 4.79 Å². The Bertz CT molecular complexity index is 1720. The Labute approximate surface area is 261 Å². The number of anilines is 1. The maximum Gasteiger partial charge on any atom is 0.280 e. The molecule has 2 N–H and O–H groups in total. The predicted octanol–water partition coefficient (Wildman–Crippen LogP) is 5.81. The highest BCUT2D eigenvalue weighted by Gasteiger charge is 2.54. The van der Waals surface area contributed by atoms with Gasteiger partial charge in [-0.1, -0.05) is 102 Å². The number of nitrogens with one attached hydrogen (secondary N) is 2. The van der Waals surface area contributed by atoms with Crippen LogP contribution in [0.1, 0.15) is 29.8 Å². The van der Waals surface area contributed by atoms with Gasteiger partial charge >= 0.3 is 0 Å². The van der Waals surface area contributed by atoms with Gasteiger partial charge in [-0.2, -0.15) is 4.98 Å². The normalized spacial score (nSPS) is 22.1. The van der Waals surface area contributed by atoms with Crippen LogP contribution in [0, 0.1) is 5.92 Å². The van der Waals surface area contributed by atoms with Crippen LogP contribution in [0.15, 0.2) is 96.1 Å². The number of imidazole rings is 1. The molecule has 0 bridgehead atoms. The van der Waals surface area contributed by atoms with Crippen molar-refractivity contribution in [2.45, 2.75) is 30.6 Å². The minimum atomic E-state index is -1.42. The number of ether oxygens (including phenoxy) is 3. The van der Waals surface area contributed by atoms with Crippen LogP contribution in [-0.4, -0.2) is 50.1 Å². The number of alkyl halides is 2. The van der Waals surface area contributed by atoms with Crippen molar-refractivity contribution < 1.29 is 18.6 Å². The third-order valence-electron chi connectivity index (χ3n) is 8.24. The molecule has 0 radical (unpaired) electrons. The molecule has 0 spiro atoms. The molecule has 1 saturated heterocycles. The fraction of sp³-hybridized carbons (Fsp3) is 0.281. The van der Waals surface area contributed by atoms with Crippen molar-refractivity contribution >= 4 is 39.7 Å². The lowest BCUT2D eigenvalue weighted by Crippen LogP contribution is -2.39. The van der Waals surface area contributed by atoms with E-state index in [0.29, 0.717) is 10.2 Å². The topological polar surface area (TPSA) is 103 Å². The van der Waals surface area contributed by atoms with Gasteiger partial charge in [-0.15, -0.1) is 0 Å². The number of aromatic nitrogens is 4. The molecule has 222 valence electrons. The average molecular weight is 696 g/mol. The van der Waals surface area contributed by atoms with Crippen molar-refractivity contribution in [2.24, 2.45) is 5.92 Å². The number of hydrogen-bond donors (Lipinski definition) is 2. The molecule has 1 fully saturated rings. The van der Waals surface area contributed by atoms with Gasteiger partial charge < -0.3 is 19.5 Å². The number of H-pyrrole nitrogens is 1. The Morgan fingerprint density at radius 3 is 2.16 bits per heavy atom. The van der Waals surface area contributed by atoms with E-state index in [1.165, 1.54) is 18.0 Å². The standard InChI is InChI=1S/C32H31FIN5O4/c1-20-25(33)29(43-31(20,18-34)42-3)39-19-35-26-27(39)36-30(37-28(26)40)38-32(21-10-6-4-7-11-21,22-12-8-5-9-13-22)23-14-16-24(41-2)17-15-23/h4-17,19-20,25,29H,18H2,1-3H3,(H2,36,37,38,40)/t20-,25+,29+,31+/m0/s1. The summed E-state index contributed by atoms with van der Waals surface area (Å²) in [5.41, 5.74) is 1.51. The molecule has 4 atom stereocenters. The zero-order valence-corrected chi connectivity index (χ0v) is 26.0. The van der Waals surface area contributed by atoms with Crippen LogP contribution in [0.25, 0.3) is 11.2 Å². The quantitative estimate of drug-likeness (QED) is 0.114. The zero-order chi connectivity index (χ0) is 30.2. The first-order chi connectivity index (χ1) is 20.9. The summed E-state index contributed by atoms with van der Waals surface area (Å²) in [5, 5.41) is 3.57. The monoisotopic (exact) mass is 695 g/mol. The molecule has 3 heterocycles. The number of fused-ring (bicyclic) bond motifs is 1.